The number of halogens is 1. The standard InChI is InChI=1S/C15H15BrN2O3S/c1-22(20,21)18-14-5-3-2-4-13(14)17-15(19)10-11-6-8-12(16)9-7-11/h2-9,18H,10H2,1H3,(H,17,19). The Bertz CT molecular complexity index is 774. The second-order valence-corrected chi connectivity index (χ2v) is 7.44. The summed E-state index contributed by atoms with van der Waals surface area (Å²) in [6.07, 6.45) is 1.27. The van der Waals surface area contributed by atoms with Crippen molar-refractivity contribution in [3.05, 3.63) is 58.6 Å². The van der Waals surface area contributed by atoms with Gasteiger partial charge in [0.15, 0.2) is 0 Å². The van der Waals surface area contributed by atoms with Crippen molar-refractivity contribution in [1.82, 2.24) is 0 Å². The van der Waals surface area contributed by atoms with Crippen LogP contribution in [0.1, 0.15) is 5.56 Å². The molecule has 1 amide bonds. The molecule has 0 atom stereocenters. The monoisotopic (exact) mass is 382 g/mol. The number of rotatable bonds is 5. The molecular weight excluding hydrogens is 368 g/mol. The number of carbonyl (C=O) groups is 1. The van der Waals surface area contributed by atoms with E-state index in [0.717, 1.165) is 16.3 Å². The number of nitrogens with one attached hydrogen (secondary N) is 2. The molecular formula is C15H15BrN2O3S. The minimum atomic E-state index is -3.41. The van der Waals surface area contributed by atoms with Gasteiger partial charge < -0.3 is 5.32 Å². The summed E-state index contributed by atoms with van der Waals surface area (Å²) < 4.78 is 26.0. The van der Waals surface area contributed by atoms with Gasteiger partial charge in [-0.05, 0) is 29.8 Å². The largest absolute Gasteiger partial charge is 0.324 e. The molecule has 0 saturated carbocycles. The molecule has 2 aromatic rings. The maximum atomic E-state index is 12.1. The van der Waals surface area contributed by atoms with E-state index in [9.17, 15) is 13.2 Å². The number of anilines is 2. The van der Waals surface area contributed by atoms with Gasteiger partial charge in [-0.25, -0.2) is 8.42 Å². The molecule has 0 heterocycles. The van der Waals surface area contributed by atoms with Crippen LogP contribution in [0.3, 0.4) is 0 Å². The Morgan fingerprint density at radius 2 is 1.64 bits per heavy atom. The van der Waals surface area contributed by atoms with E-state index < -0.39 is 10.0 Å². The molecule has 0 aliphatic rings. The number of benzene rings is 2. The number of sulfonamides is 1. The van der Waals surface area contributed by atoms with Crippen LogP contribution in [0.25, 0.3) is 0 Å². The van der Waals surface area contributed by atoms with Gasteiger partial charge in [-0.3, -0.25) is 9.52 Å². The van der Waals surface area contributed by atoms with Crippen molar-refractivity contribution < 1.29 is 13.2 Å². The van der Waals surface area contributed by atoms with E-state index in [-0.39, 0.29) is 12.3 Å². The van der Waals surface area contributed by atoms with Gasteiger partial charge in [0.05, 0.1) is 24.1 Å². The van der Waals surface area contributed by atoms with Gasteiger partial charge in [0, 0.05) is 4.47 Å². The highest BCUT2D eigenvalue weighted by Gasteiger charge is 2.10. The Morgan fingerprint density at radius 3 is 2.23 bits per heavy atom. The molecule has 0 aliphatic heterocycles. The first-order valence-electron chi connectivity index (χ1n) is 6.44. The molecule has 22 heavy (non-hydrogen) atoms. The SMILES string of the molecule is CS(=O)(=O)Nc1ccccc1NC(=O)Cc1ccc(Br)cc1. The van der Waals surface area contributed by atoms with Crippen LogP contribution in [0.5, 0.6) is 0 Å². The zero-order valence-corrected chi connectivity index (χ0v) is 14.2. The van der Waals surface area contributed by atoms with Gasteiger partial charge >= 0.3 is 0 Å². The molecule has 2 rings (SSSR count). The van der Waals surface area contributed by atoms with Crippen molar-refractivity contribution in [3.8, 4) is 0 Å². The van der Waals surface area contributed by atoms with Crippen LogP contribution < -0.4 is 10.0 Å². The molecule has 0 saturated heterocycles. The smallest absolute Gasteiger partial charge is 0.229 e. The molecule has 2 aromatic carbocycles. The summed E-state index contributed by atoms with van der Waals surface area (Å²) in [5, 5.41) is 2.72. The average molecular weight is 383 g/mol. The minimum Gasteiger partial charge on any atom is -0.324 e. The predicted octanol–water partition coefficient (Wildman–Crippen LogP) is 3.00. The van der Waals surface area contributed by atoms with Crippen molar-refractivity contribution in [1.29, 1.82) is 0 Å². The quantitative estimate of drug-likeness (QED) is 0.834. The molecule has 0 radical (unpaired) electrons. The minimum absolute atomic E-state index is 0.209. The number of hydrogen-bond donors (Lipinski definition) is 2. The first kappa shape index (κ1) is 16.5. The maximum absolute atomic E-state index is 12.1. The first-order valence-corrected chi connectivity index (χ1v) is 9.13. The second-order valence-electron chi connectivity index (χ2n) is 4.77. The maximum Gasteiger partial charge on any atom is 0.229 e. The van der Waals surface area contributed by atoms with Gasteiger partial charge in [-0.15, -0.1) is 0 Å². The van der Waals surface area contributed by atoms with Crippen LogP contribution in [-0.2, 0) is 21.2 Å². The number of carbonyl (C=O) groups excluding carboxylic acids is 1. The summed E-state index contributed by atoms with van der Waals surface area (Å²) in [6, 6.07) is 14.1. The molecule has 0 spiro atoms. The molecule has 0 aliphatic carbocycles. The zero-order valence-electron chi connectivity index (χ0n) is 11.8. The third kappa shape index (κ3) is 5.16. The van der Waals surface area contributed by atoms with E-state index in [1.807, 2.05) is 24.3 Å². The van der Waals surface area contributed by atoms with Crippen molar-refractivity contribution in [2.24, 2.45) is 0 Å². The number of amides is 1. The Hall–Kier alpha value is -1.86. The zero-order chi connectivity index (χ0) is 16.2. The normalized spacial score (nSPS) is 11.0. The van der Waals surface area contributed by atoms with Crippen molar-refractivity contribution in [3.63, 3.8) is 0 Å². The van der Waals surface area contributed by atoms with Gasteiger partial charge in [0.25, 0.3) is 0 Å². The van der Waals surface area contributed by atoms with Gasteiger partial charge in [0.1, 0.15) is 0 Å². The van der Waals surface area contributed by atoms with Crippen LogP contribution in [0.2, 0.25) is 0 Å². The van der Waals surface area contributed by atoms with E-state index in [2.05, 4.69) is 26.0 Å². The van der Waals surface area contributed by atoms with Crippen molar-refractivity contribution in [2.45, 2.75) is 6.42 Å². The van der Waals surface area contributed by atoms with E-state index in [0.29, 0.717) is 11.4 Å². The highest BCUT2D eigenvalue weighted by molar-refractivity contribution is 9.10. The summed E-state index contributed by atoms with van der Waals surface area (Å²) in [5.74, 6) is -0.218. The van der Waals surface area contributed by atoms with Crippen LogP contribution in [-0.4, -0.2) is 20.6 Å². The molecule has 116 valence electrons. The second kappa shape index (κ2) is 6.93. The molecule has 5 nitrogen and oxygen atoms in total. The Morgan fingerprint density at radius 1 is 1.05 bits per heavy atom. The Labute approximate surface area is 137 Å². The fraction of sp³-hybridized carbons (Fsp3) is 0.133. The lowest BCUT2D eigenvalue weighted by Gasteiger charge is -2.12. The predicted molar refractivity (Wildman–Crippen MR) is 91.4 cm³/mol. The highest BCUT2D eigenvalue weighted by Crippen LogP contribution is 2.22. The molecule has 2 N–H and O–H groups in total. The van der Waals surface area contributed by atoms with Crippen LogP contribution >= 0.6 is 15.9 Å². The topological polar surface area (TPSA) is 75.3 Å². The third-order valence-electron chi connectivity index (χ3n) is 2.77. The van der Waals surface area contributed by atoms with Gasteiger partial charge in [0.2, 0.25) is 15.9 Å². The van der Waals surface area contributed by atoms with Crippen molar-refractivity contribution in [2.75, 3.05) is 16.3 Å². The summed E-state index contributed by atoms with van der Waals surface area (Å²) in [5.41, 5.74) is 1.64. The lowest BCUT2D eigenvalue weighted by molar-refractivity contribution is -0.115. The lowest BCUT2D eigenvalue weighted by atomic mass is 10.1. The highest BCUT2D eigenvalue weighted by atomic mass is 79.9. The fourth-order valence-corrected chi connectivity index (χ4v) is 2.70. The van der Waals surface area contributed by atoms with Crippen LogP contribution in [0, 0.1) is 0 Å². The molecule has 0 unspecified atom stereocenters. The lowest BCUT2D eigenvalue weighted by Crippen LogP contribution is -2.17. The first-order chi connectivity index (χ1) is 10.3. The van der Waals surface area contributed by atoms with E-state index in [4.69, 9.17) is 0 Å². The molecule has 0 fully saturated rings. The number of para-hydroxylation sites is 2. The molecule has 7 heteroatoms. The Kier molecular flexibility index (Phi) is 5.20. The number of hydrogen-bond acceptors (Lipinski definition) is 3. The van der Waals surface area contributed by atoms with Gasteiger partial charge in [-0.2, -0.15) is 0 Å². The van der Waals surface area contributed by atoms with E-state index >= 15 is 0 Å². The third-order valence-corrected chi connectivity index (χ3v) is 3.89. The summed E-state index contributed by atoms with van der Waals surface area (Å²) in [6.45, 7) is 0. The Balaban J connectivity index is 2.10. The summed E-state index contributed by atoms with van der Waals surface area (Å²) in [4.78, 5) is 12.1. The van der Waals surface area contributed by atoms with E-state index in [1.54, 1.807) is 24.3 Å². The molecule has 0 aromatic heterocycles. The fourth-order valence-electron chi connectivity index (χ4n) is 1.86. The summed E-state index contributed by atoms with van der Waals surface area (Å²) in [7, 11) is -3.41. The van der Waals surface area contributed by atoms with E-state index in [1.165, 1.54) is 0 Å². The summed E-state index contributed by atoms with van der Waals surface area (Å²) >= 11 is 3.34. The van der Waals surface area contributed by atoms with Crippen LogP contribution in [0.4, 0.5) is 11.4 Å². The average Bonchev–Trinajstić information content (AvgIpc) is 2.42. The van der Waals surface area contributed by atoms with Crippen molar-refractivity contribution >= 4 is 43.2 Å². The molecule has 0 bridgehead atoms. The van der Waals surface area contributed by atoms with Crippen LogP contribution in [0.15, 0.2) is 53.0 Å². The van der Waals surface area contributed by atoms with Gasteiger partial charge in [-0.1, -0.05) is 40.2 Å².